The molecule has 2 rings (SSSR count). The van der Waals surface area contributed by atoms with Crippen LogP contribution in [-0.4, -0.2) is 38.8 Å². The molecule has 110 valence electrons. The Hall–Kier alpha value is -2.70. The molecule has 0 bridgehead atoms. The minimum atomic E-state index is -0.901. The fourth-order valence-corrected chi connectivity index (χ4v) is 2.14. The molecule has 0 aliphatic heterocycles. The van der Waals surface area contributed by atoms with Crippen molar-refractivity contribution >= 4 is 11.9 Å². The van der Waals surface area contributed by atoms with Gasteiger partial charge < -0.3 is 10.4 Å². The summed E-state index contributed by atoms with van der Waals surface area (Å²) < 4.78 is 1.63. The summed E-state index contributed by atoms with van der Waals surface area (Å²) in [6.45, 7) is 3.57. The first-order chi connectivity index (χ1) is 9.93. The van der Waals surface area contributed by atoms with Gasteiger partial charge in [-0.25, -0.2) is 4.68 Å². The van der Waals surface area contributed by atoms with Gasteiger partial charge in [0, 0.05) is 24.5 Å². The van der Waals surface area contributed by atoms with Gasteiger partial charge in [-0.15, -0.1) is 0 Å². The van der Waals surface area contributed by atoms with Crippen molar-refractivity contribution < 1.29 is 14.7 Å². The van der Waals surface area contributed by atoms with E-state index in [1.165, 1.54) is 13.2 Å². The van der Waals surface area contributed by atoms with E-state index in [0.717, 1.165) is 5.69 Å². The zero-order valence-electron chi connectivity index (χ0n) is 12.0. The van der Waals surface area contributed by atoms with E-state index in [2.05, 4.69) is 15.4 Å². The number of pyridine rings is 1. The first kappa shape index (κ1) is 14.7. The lowest BCUT2D eigenvalue weighted by atomic mass is 10.1. The van der Waals surface area contributed by atoms with E-state index < -0.39 is 5.97 Å². The molecule has 0 aliphatic rings. The van der Waals surface area contributed by atoms with Crippen LogP contribution in [-0.2, 0) is 11.2 Å². The minimum absolute atomic E-state index is 0.0783. The van der Waals surface area contributed by atoms with E-state index in [0.29, 0.717) is 16.9 Å². The number of carbonyl (C=O) groups is 2. The third kappa shape index (κ3) is 2.91. The molecule has 2 N–H and O–H groups in total. The van der Waals surface area contributed by atoms with Crippen molar-refractivity contribution in [1.82, 2.24) is 20.1 Å². The van der Waals surface area contributed by atoms with Gasteiger partial charge in [-0.1, -0.05) is 0 Å². The molecular weight excluding hydrogens is 272 g/mol. The van der Waals surface area contributed by atoms with Crippen LogP contribution in [0.15, 0.2) is 18.3 Å². The van der Waals surface area contributed by atoms with Crippen LogP contribution in [0.4, 0.5) is 0 Å². The molecule has 0 aliphatic carbocycles. The molecule has 0 saturated heterocycles. The van der Waals surface area contributed by atoms with Gasteiger partial charge in [-0.2, -0.15) is 5.10 Å². The molecule has 0 unspecified atom stereocenters. The number of carboxylic acid groups (broad SMARTS) is 1. The Labute approximate surface area is 121 Å². The van der Waals surface area contributed by atoms with E-state index >= 15 is 0 Å². The number of carbonyl (C=O) groups excluding carboxylic acids is 1. The summed E-state index contributed by atoms with van der Waals surface area (Å²) >= 11 is 0. The van der Waals surface area contributed by atoms with Crippen LogP contribution in [0.5, 0.6) is 0 Å². The van der Waals surface area contributed by atoms with Gasteiger partial charge in [0.05, 0.1) is 17.8 Å². The second-order valence-electron chi connectivity index (χ2n) is 4.61. The Morgan fingerprint density at radius 2 is 2.10 bits per heavy atom. The summed E-state index contributed by atoms with van der Waals surface area (Å²) in [6, 6.07) is 3.33. The van der Waals surface area contributed by atoms with Crippen molar-refractivity contribution in [3.8, 4) is 5.69 Å². The van der Waals surface area contributed by atoms with Crippen molar-refractivity contribution in [1.29, 1.82) is 0 Å². The van der Waals surface area contributed by atoms with Crippen molar-refractivity contribution in [2.24, 2.45) is 0 Å². The minimum Gasteiger partial charge on any atom is -0.481 e. The van der Waals surface area contributed by atoms with E-state index in [4.69, 9.17) is 5.11 Å². The van der Waals surface area contributed by atoms with Gasteiger partial charge in [0.1, 0.15) is 5.69 Å². The summed E-state index contributed by atoms with van der Waals surface area (Å²) in [7, 11) is 1.53. The molecule has 2 aromatic heterocycles. The summed E-state index contributed by atoms with van der Waals surface area (Å²) in [5, 5.41) is 15.8. The van der Waals surface area contributed by atoms with Crippen LogP contribution in [0.25, 0.3) is 5.69 Å². The molecule has 7 nitrogen and oxygen atoms in total. The average molecular weight is 288 g/mol. The zero-order valence-corrected chi connectivity index (χ0v) is 12.0. The van der Waals surface area contributed by atoms with Gasteiger partial charge in [0.2, 0.25) is 0 Å². The van der Waals surface area contributed by atoms with Crippen LogP contribution in [0.3, 0.4) is 0 Å². The molecule has 0 aromatic carbocycles. The molecule has 0 atom stereocenters. The number of carboxylic acids is 1. The number of aryl methyl sites for hydroxylation is 1. The lowest BCUT2D eigenvalue weighted by Gasteiger charge is -2.06. The zero-order chi connectivity index (χ0) is 15.6. The standard InChI is InChI=1S/C14H16N4O3/c1-8-11(7-13(19)20)9(2)18(17-8)10-4-5-16-12(6-10)14(21)15-3/h4-6H,7H2,1-3H3,(H,15,21)(H,19,20). The maximum absolute atomic E-state index is 11.6. The molecule has 0 saturated carbocycles. The molecule has 7 heteroatoms. The van der Waals surface area contributed by atoms with Gasteiger partial charge >= 0.3 is 5.97 Å². The van der Waals surface area contributed by atoms with Crippen molar-refractivity contribution in [2.75, 3.05) is 7.05 Å². The quantitative estimate of drug-likeness (QED) is 0.870. The highest BCUT2D eigenvalue weighted by Crippen LogP contribution is 2.18. The summed E-state index contributed by atoms with van der Waals surface area (Å²) in [5.41, 5.74) is 3.03. The smallest absolute Gasteiger partial charge is 0.307 e. The Morgan fingerprint density at radius 3 is 2.71 bits per heavy atom. The lowest BCUT2D eigenvalue weighted by molar-refractivity contribution is -0.136. The fourth-order valence-electron chi connectivity index (χ4n) is 2.14. The van der Waals surface area contributed by atoms with Gasteiger partial charge in [-0.3, -0.25) is 14.6 Å². The van der Waals surface area contributed by atoms with E-state index in [-0.39, 0.29) is 18.0 Å². The Kier molecular flexibility index (Phi) is 4.02. The maximum Gasteiger partial charge on any atom is 0.307 e. The van der Waals surface area contributed by atoms with Crippen LogP contribution < -0.4 is 5.32 Å². The van der Waals surface area contributed by atoms with Crippen LogP contribution >= 0.6 is 0 Å². The summed E-state index contributed by atoms with van der Waals surface area (Å²) in [5.74, 6) is -1.19. The molecule has 2 heterocycles. The second kappa shape index (κ2) is 5.74. The Balaban J connectivity index is 2.48. The molecule has 0 fully saturated rings. The molecular formula is C14H16N4O3. The number of nitrogens with zero attached hydrogens (tertiary/aromatic N) is 3. The SMILES string of the molecule is CNC(=O)c1cc(-n2nc(C)c(CC(=O)O)c2C)ccn1. The number of rotatable bonds is 4. The monoisotopic (exact) mass is 288 g/mol. The number of hydrogen-bond acceptors (Lipinski definition) is 4. The average Bonchev–Trinajstić information content (AvgIpc) is 2.74. The van der Waals surface area contributed by atoms with Crippen LogP contribution in [0.1, 0.15) is 27.4 Å². The summed E-state index contributed by atoms with van der Waals surface area (Å²) in [6.07, 6.45) is 1.44. The first-order valence-electron chi connectivity index (χ1n) is 6.39. The topological polar surface area (TPSA) is 97.1 Å². The van der Waals surface area contributed by atoms with E-state index in [9.17, 15) is 9.59 Å². The van der Waals surface area contributed by atoms with Crippen molar-refractivity contribution in [3.63, 3.8) is 0 Å². The number of amides is 1. The molecule has 0 radical (unpaired) electrons. The van der Waals surface area contributed by atoms with E-state index in [1.807, 2.05) is 0 Å². The summed E-state index contributed by atoms with van der Waals surface area (Å²) in [4.78, 5) is 26.5. The number of aromatic nitrogens is 3. The van der Waals surface area contributed by atoms with Gasteiger partial charge in [-0.05, 0) is 26.0 Å². The van der Waals surface area contributed by atoms with E-state index in [1.54, 1.807) is 30.7 Å². The highest BCUT2D eigenvalue weighted by molar-refractivity contribution is 5.92. The third-order valence-electron chi connectivity index (χ3n) is 3.22. The van der Waals surface area contributed by atoms with Crippen LogP contribution in [0, 0.1) is 13.8 Å². The van der Waals surface area contributed by atoms with Gasteiger partial charge in [0.25, 0.3) is 5.91 Å². The number of nitrogens with one attached hydrogen (secondary N) is 1. The molecule has 0 spiro atoms. The lowest BCUT2D eigenvalue weighted by Crippen LogP contribution is -2.19. The Morgan fingerprint density at radius 1 is 1.38 bits per heavy atom. The van der Waals surface area contributed by atoms with Crippen molar-refractivity contribution in [2.45, 2.75) is 20.3 Å². The first-order valence-corrected chi connectivity index (χ1v) is 6.39. The second-order valence-corrected chi connectivity index (χ2v) is 4.61. The molecule has 21 heavy (non-hydrogen) atoms. The number of hydrogen-bond donors (Lipinski definition) is 2. The Bertz CT molecular complexity index is 706. The predicted molar refractivity (Wildman–Crippen MR) is 75.6 cm³/mol. The highest BCUT2D eigenvalue weighted by atomic mass is 16.4. The number of aliphatic carboxylic acids is 1. The highest BCUT2D eigenvalue weighted by Gasteiger charge is 2.16. The normalized spacial score (nSPS) is 10.4. The van der Waals surface area contributed by atoms with Crippen LogP contribution in [0.2, 0.25) is 0 Å². The maximum atomic E-state index is 11.6. The largest absolute Gasteiger partial charge is 0.481 e. The fraction of sp³-hybridized carbons (Fsp3) is 0.286. The molecule has 2 aromatic rings. The predicted octanol–water partition coefficient (Wildman–Crippen LogP) is 0.871. The van der Waals surface area contributed by atoms with Crippen molar-refractivity contribution in [3.05, 3.63) is 41.0 Å². The molecule has 1 amide bonds. The van der Waals surface area contributed by atoms with Gasteiger partial charge in [0.15, 0.2) is 0 Å². The third-order valence-corrected chi connectivity index (χ3v) is 3.22.